The molecule has 0 aliphatic carbocycles. The van der Waals surface area contributed by atoms with E-state index in [4.69, 9.17) is 4.42 Å². The molecule has 0 N–H and O–H groups in total. The quantitative estimate of drug-likeness (QED) is 0.176. The zero-order chi connectivity index (χ0) is 33.0. The van der Waals surface area contributed by atoms with Gasteiger partial charge in [-0.3, -0.25) is 4.98 Å². The van der Waals surface area contributed by atoms with Crippen molar-refractivity contribution >= 4 is 71.3 Å². The van der Waals surface area contributed by atoms with Crippen LogP contribution in [0.25, 0.3) is 76.5 Å². The fourth-order valence-corrected chi connectivity index (χ4v) is 7.40. The fraction of sp³-hybridized carbons (Fsp3) is 0. The van der Waals surface area contributed by atoms with Crippen LogP contribution in [0.5, 0.6) is 0 Å². The Labute approximate surface area is 289 Å². The lowest BCUT2D eigenvalue weighted by Crippen LogP contribution is -2.10. The Balaban J connectivity index is 1.11. The number of pyridine rings is 1. The van der Waals surface area contributed by atoms with Crippen LogP contribution in [-0.2, 0) is 0 Å². The number of fused-ring (bicyclic) bond motifs is 7. The van der Waals surface area contributed by atoms with Gasteiger partial charge in [0.2, 0.25) is 0 Å². The van der Waals surface area contributed by atoms with E-state index >= 15 is 0 Å². The molecule has 0 saturated carbocycles. The first-order chi connectivity index (χ1) is 24.8. The van der Waals surface area contributed by atoms with Crippen molar-refractivity contribution in [3.63, 3.8) is 0 Å². The summed E-state index contributed by atoms with van der Waals surface area (Å²) < 4.78 is 6.71. The molecule has 50 heavy (non-hydrogen) atoms. The third kappa shape index (κ3) is 4.71. The summed E-state index contributed by atoms with van der Waals surface area (Å²) in [5.74, 6) is 0. The van der Waals surface area contributed by atoms with Gasteiger partial charge < -0.3 is 9.32 Å². The molecule has 10 rings (SSSR count). The Morgan fingerprint density at radius 2 is 1.06 bits per heavy atom. The van der Waals surface area contributed by atoms with Gasteiger partial charge in [-0.15, -0.1) is 0 Å². The maximum Gasteiger partial charge on any atom is 0.159 e. The Morgan fingerprint density at radius 1 is 0.400 bits per heavy atom. The molecule has 2 heterocycles. The van der Waals surface area contributed by atoms with Gasteiger partial charge in [0.15, 0.2) is 5.58 Å². The van der Waals surface area contributed by atoms with Crippen LogP contribution in [0.3, 0.4) is 0 Å². The van der Waals surface area contributed by atoms with E-state index in [0.717, 1.165) is 49.8 Å². The lowest BCUT2D eigenvalue weighted by molar-refractivity contribution is 0.669. The van der Waals surface area contributed by atoms with Crippen LogP contribution in [0.1, 0.15) is 0 Å². The second kappa shape index (κ2) is 11.5. The van der Waals surface area contributed by atoms with E-state index in [2.05, 4.69) is 174 Å². The predicted octanol–water partition coefficient (Wildman–Crippen LogP) is 13.2. The summed E-state index contributed by atoms with van der Waals surface area (Å²) in [6, 6.07) is 60.8. The molecule has 3 nitrogen and oxygen atoms in total. The lowest BCUT2D eigenvalue weighted by Gasteiger charge is -2.26. The second-order valence-electron chi connectivity index (χ2n) is 12.8. The highest BCUT2D eigenvalue weighted by atomic mass is 16.3. The third-order valence-electron chi connectivity index (χ3n) is 9.91. The molecule has 0 aliphatic rings. The summed E-state index contributed by atoms with van der Waals surface area (Å²) in [6.07, 6.45) is 3.74. The van der Waals surface area contributed by atoms with Gasteiger partial charge >= 0.3 is 0 Å². The summed E-state index contributed by atoms with van der Waals surface area (Å²) in [4.78, 5) is 6.66. The number of hydrogen-bond donors (Lipinski definition) is 0. The van der Waals surface area contributed by atoms with Gasteiger partial charge in [-0.1, -0.05) is 115 Å². The highest BCUT2D eigenvalue weighted by Crippen LogP contribution is 2.43. The highest BCUT2D eigenvalue weighted by molar-refractivity contribution is 6.14. The van der Waals surface area contributed by atoms with E-state index < -0.39 is 0 Å². The van der Waals surface area contributed by atoms with E-state index in [1.807, 2.05) is 18.5 Å². The summed E-state index contributed by atoms with van der Waals surface area (Å²) in [7, 11) is 0. The molecule has 2 aromatic heterocycles. The van der Waals surface area contributed by atoms with Gasteiger partial charge in [-0.2, -0.15) is 0 Å². The number of aromatic nitrogens is 1. The molecule has 0 amide bonds. The van der Waals surface area contributed by atoms with Crippen molar-refractivity contribution in [3.05, 3.63) is 182 Å². The van der Waals surface area contributed by atoms with Crippen molar-refractivity contribution in [3.8, 4) is 22.3 Å². The molecule has 0 aliphatic heterocycles. The van der Waals surface area contributed by atoms with Gasteiger partial charge in [-0.25, -0.2) is 0 Å². The Morgan fingerprint density at radius 3 is 1.88 bits per heavy atom. The molecule has 0 saturated heterocycles. The molecule has 0 radical (unpaired) electrons. The van der Waals surface area contributed by atoms with Gasteiger partial charge in [0.25, 0.3) is 0 Å². The first-order valence-electron chi connectivity index (χ1n) is 16.9. The summed E-state index contributed by atoms with van der Waals surface area (Å²) in [6.45, 7) is 0. The van der Waals surface area contributed by atoms with Gasteiger partial charge in [0, 0.05) is 39.9 Å². The Bertz CT molecular complexity index is 2850. The summed E-state index contributed by atoms with van der Waals surface area (Å²) in [5, 5.41) is 9.43. The molecule has 0 fully saturated rings. The van der Waals surface area contributed by atoms with Crippen LogP contribution in [0.15, 0.2) is 187 Å². The van der Waals surface area contributed by atoms with Gasteiger partial charge in [-0.05, 0) is 104 Å². The molecule has 0 spiro atoms. The van der Waals surface area contributed by atoms with E-state index in [1.165, 1.54) is 43.8 Å². The Kier molecular flexibility index (Phi) is 6.49. The van der Waals surface area contributed by atoms with Crippen LogP contribution in [0.4, 0.5) is 17.1 Å². The normalized spacial score (nSPS) is 11.6. The zero-order valence-corrected chi connectivity index (χ0v) is 27.1. The lowest BCUT2D eigenvalue weighted by atomic mass is 9.97. The minimum absolute atomic E-state index is 0.851. The second-order valence-corrected chi connectivity index (χ2v) is 12.8. The molecule has 234 valence electrons. The van der Waals surface area contributed by atoms with Crippen molar-refractivity contribution < 1.29 is 4.42 Å². The number of rotatable bonds is 5. The van der Waals surface area contributed by atoms with E-state index in [9.17, 15) is 0 Å². The van der Waals surface area contributed by atoms with Crippen LogP contribution in [0, 0.1) is 0 Å². The van der Waals surface area contributed by atoms with Crippen LogP contribution in [0.2, 0.25) is 0 Å². The van der Waals surface area contributed by atoms with E-state index in [-0.39, 0.29) is 0 Å². The first-order valence-corrected chi connectivity index (χ1v) is 16.9. The third-order valence-corrected chi connectivity index (χ3v) is 9.91. The van der Waals surface area contributed by atoms with Crippen molar-refractivity contribution in [1.82, 2.24) is 4.98 Å². The molecule has 8 aromatic carbocycles. The molecule has 0 atom stereocenters. The number of nitrogens with zero attached hydrogens (tertiary/aromatic N) is 2. The first kappa shape index (κ1) is 28.3. The number of para-hydroxylation sites is 1. The molecular formula is C47H30N2O. The zero-order valence-electron chi connectivity index (χ0n) is 27.1. The molecular weight excluding hydrogens is 609 g/mol. The minimum atomic E-state index is 0.851. The van der Waals surface area contributed by atoms with Gasteiger partial charge in [0.1, 0.15) is 5.58 Å². The Hall–Kier alpha value is -6.71. The van der Waals surface area contributed by atoms with Crippen LogP contribution in [-0.4, -0.2) is 4.98 Å². The average Bonchev–Trinajstić information content (AvgIpc) is 3.56. The number of benzene rings is 8. The van der Waals surface area contributed by atoms with Gasteiger partial charge in [0.05, 0.1) is 5.69 Å². The largest absolute Gasteiger partial charge is 0.454 e. The van der Waals surface area contributed by atoms with E-state index in [1.54, 1.807) is 0 Å². The average molecular weight is 639 g/mol. The van der Waals surface area contributed by atoms with Crippen molar-refractivity contribution in [2.24, 2.45) is 0 Å². The number of hydrogen-bond acceptors (Lipinski definition) is 3. The van der Waals surface area contributed by atoms with Crippen molar-refractivity contribution in [2.45, 2.75) is 0 Å². The maximum absolute atomic E-state index is 6.71. The van der Waals surface area contributed by atoms with Crippen molar-refractivity contribution in [1.29, 1.82) is 0 Å². The minimum Gasteiger partial charge on any atom is -0.454 e. The monoisotopic (exact) mass is 638 g/mol. The SMILES string of the molecule is c1ccc(-c2ccc(N(c3ccc(-c4ccc5c(ccc6ccccc65)c4)cc3)c3cccc4c3oc3cc5ccncc5cc34)cc2)cc1. The molecule has 0 unspecified atom stereocenters. The summed E-state index contributed by atoms with van der Waals surface area (Å²) in [5.41, 5.74) is 9.54. The topological polar surface area (TPSA) is 29.3 Å². The van der Waals surface area contributed by atoms with Crippen LogP contribution < -0.4 is 4.90 Å². The molecule has 10 aromatic rings. The van der Waals surface area contributed by atoms with E-state index in [0.29, 0.717) is 0 Å². The highest BCUT2D eigenvalue weighted by Gasteiger charge is 2.20. The van der Waals surface area contributed by atoms with Crippen LogP contribution >= 0.6 is 0 Å². The molecule has 3 heteroatoms. The molecule has 0 bridgehead atoms. The van der Waals surface area contributed by atoms with Crippen molar-refractivity contribution in [2.75, 3.05) is 4.90 Å². The predicted molar refractivity (Wildman–Crippen MR) is 210 cm³/mol. The summed E-state index contributed by atoms with van der Waals surface area (Å²) >= 11 is 0. The standard InChI is InChI=1S/C47H30N2O/c1-2-7-31(8-3-1)32-15-20-39(21-16-32)49(45-12-6-11-43-44-28-38-30-48-26-25-36(38)29-46(44)50-47(43)45)40-22-17-33(18-23-40)35-19-24-42-37(27-35)14-13-34-9-4-5-10-41(34)42/h1-30H. The maximum atomic E-state index is 6.71. The smallest absolute Gasteiger partial charge is 0.159 e. The number of anilines is 3. The fourth-order valence-electron chi connectivity index (χ4n) is 7.40. The number of furan rings is 1.